The van der Waals surface area contributed by atoms with Gasteiger partial charge in [0, 0.05) is 42.3 Å². The molecule has 1 atom stereocenters. The van der Waals surface area contributed by atoms with Gasteiger partial charge in [-0.2, -0.15) is 0 Å². The van der Waals surface area contributed by atoms with E-state index >= 15 is 0 Å². The maximum Gasteiger partial charge on any atom is 0.133 e. The molecule has 1 aliphatic heterocycles. The van der Waals surface area contributed by atoms with E-state index < -0.39 is 0 Å². The molecule has 118 valence electrons. The van der Waals surface area contributed by atoms with E-state index in [4.69, 9.17) is 0 Å². The third-order valence-electron chi connectivity index (χ3n) is 4.31. The van der Waals surface area contributed by atoms with Crippen molar-refractivity contribution in [3.63, 3.8) is 0 Å². The number of hydrogen-bond donors (Lipinski definition) is 0. The molecule has 1 fully saturated rings. The highest BCUT2D eigenvalue weighted by Crippen LogP contribution is 2.26. The van der Waals surface area contributed by atoms with Crippen LogP contribution >= 0.6 is 0 Å². The van der Waals surface area contributed by atoms with Crippen molar-refractivity contribution in [1.29, 1.82) is 0 Å². The van der Waals surface area contributed by atoms with Gasteiger partial charge in [0.1, 0.15) is 11.6 Å². The number of aryl methyl sites for hydroxylation is 2. The van der Waals surface area contributed by atoms with Gasteiger partial charge in [0.25, 0.3) is 0 Å². The van der Waals surface area contributed by atoms with Crippen LogP contribution in [0.5, 0.6) is 0 Å². The van der Waals surface area contributed by atoms with Crippen LogP contribution in [-0.2, 0) is 6.54 Å². The van der Waals surface area contributed by atoms with Crippen molar-refractivity contribution in [2.75, 3.05) is 13.1 Å². The molecule has 3 rings (SSSR count). The molecule has 0 spiro atoms. The quantitative estimate of drug-likeness (QED) is 0.871. The molecular formula is C17H25N5. The van der Waals surface area contributed by atoms with Crippen molar-refractivity contribution in [1.82, 2.24) is 24.4 Å². The highest BCUT2D eigenvalue weighted by molar-refractivity contribution is 5.12. The van der Waals surface area contributed by atoms with Gasteiger partial charge in [0.05, 0.1) is 6.54 Å². The van der Waals surface area contributed by atoms with Crippen LogP contribution in [0.15, 0.2) is 18.5 Å². The smallest absolute Gasteiger partial charge is 0.133 e. The van der Waals surface area contributed by atoms with Gasteiger partial charge >= 0.3 is 0 Å². The number of nitrogens with zero attached hydrogens (tertiary/aromatic N) is 5. The molecule has 2 aromatic rings. The zero-order valence-corrected chi connectivity index (χ0v) is 14.0. The predicted molar refractivity (Wildman–Crippen MR) is 86.8 cm³/mol. The average Bonchev–Trinajstić information content (AvgIpc) is 3.07. The summed E-state index contributed by atoms with van der Waals surface area (Å²) in [6, 6.07) is 2.49. The highest BCUT2D eigenvalue weighted by atomic mass is 15.2. The number of imidazole rings is 1. The van der Waals surface area contributed by atoms with Gasteiger partial charge in [-0.3, -0.25) is 4.90 Å². The Morgan fingerprint density at radius 3 is 2.64 bits per heavy atom. The minimum atomic E-state index is 0.445. The van der Waals surface area contributed by atoms with Crippen LogP contribution in [0.2, 0.25) is 0 Å². The Morgan fingerprint density at radius 1 is 1.23 bits per heavy atom. The molecule has 0 aromatic carbocycles. The second-order valence-electron chi connectivity index (χ2n) is 6.57. The van der Waals surface area contributed by atoms with E-state index in [9.17, 15) is 0 Å². The van der Waals surface area contributed by atoms with E-state index in [1.54, 1.807) is 0 Å². The Balaban J connectivity index is 1.68. The molecule has 1 saturated heterocycles. The van der Waals surface area contributed by atoms with Gasteiger partial charge in [0.15, 0.2) is 0 Å². The normalized spacial score (nSPS) is 19.2. The molecule has 1 aliphatic rings. The van der Waals surface area contributed by atoms with E-state index in [0.29, 0.717) is 12.0 Å². The standard InChI is InChI=1S/C17H25N5/c1-12(2)22-8-6-18-16(22)11-21-7-5-15(10-21)17-19-13(3)9-14(4)20-17/h6,8-9,12,15H,5,7,10-11H2,1-4H3/t15-/m0/s1. The summed E-state index contributed by atoms with van der Waals surface area (Å²) >= 11 is 0. The molecule has 5 nitrogen and oxygen atoms in total. The molecule has 0 saturated carbocycles. The molecule has 0 N–H and O–H groups in total. The summed E-state index contributed by atoms with van der Waals surface area (Å²) < 4.78 is 2.25. The van der Waals surface area contributed by atoms with Gasteiger partial charge in [-0.25, -0.2) is 15.0 Å². The van der Waals surface area contributed by atoms with E-state index in [2.05, 4.69) is 44.5 Å². The lowest BCUT2D eigenvalue weighted by atomic mass is 10.1. The number of likely N-dealkylation sites (tertiary alicyclic amines) is 1. The minimum absolute atomic E-state index is 0.445. The predicted octanol–water partition coefficient (Wildman–Crippen LogP) is 2.86. The Labute approximate surface area is 132 Å². The van der Waals surface area contributed by atoms with Crippen molar-refractivity contribution in [3.8, 4) is 0 Å². The van der Waals surface area contributed by atoms with Crippen molar-refractivity contribution in [2.24, 2.45) is 0 Å². The third-order valence-corrected chi connectivity index (χ3v) is 4.31. The Morgan fingerprint density at radius 2 is 1.95 bits per heavy atom. The second-order valence-corrected chi connectivity index (χ2v) is 6.57. The van der Waals surface area contributed by atoms with Crippen molar-refractivity contribution in [2.45, 2.75) is 52.6 Å². The van der Waals surface area contributed by atoms with Crippen LogP contribution in [0.3, 0.4) is 0 Å². The number of hydrogen-bond acceptors (Lipinski definition) is 4. The molecule has 2 aromatic heterocycles. The summed E-state index contributed by atoms with van der Waals surface area (Å²) in [4.78, 5) is 16.3. The first-order valence-corrected chi connectivity index (χ1v) is 8.09. The fraction of sp³-hybridized carbons (Fsp3) is 0.588. The monoisotopic (exact) mass is 299 g/mol. The SMILES string of the molecule is Cc1cc(C)nc([C@H]2CCN(Cc3nccn3C(C)C)C2)n1. The first kappa shape index (κ1) is 15.2. The largest absolute Gasteiger partial charge is 0.331 e. The molecule has 22 heavy (non-hydrogen) atoms. The Kier molecular flexibility index (Phi) is 4.25. The maximum atomic E-state index is 4.63. The number of rotatable bonds is 4. The number of aromatic nitrogens is 4. The molecule has 0 radical (unpaired) electrons. The fourth-order valence-corrected chi connectivity index (χ4v) is 3.26. The first-order chi connectivity index (χ1) is 10.5. The zero-order chi connectivity index (χ0) is 15.7. The van der Waals surface area contributed by atoms with Crippen LogP contribution in [0, 0.1) is 13.8 Å². The molecule has 0 aliphatic carbocycles. The van der Waals surface area contributed by atoms with Crippen molar-refractivity contribution in [3.05, 3.63) is 41.5 Å². The van der Waals surface area contributed by atoms with Crippen LogP contribution in [-0.4, -0.2) is 37.5 Å². The van der Waals surface area contributed by atoms with E-state index in [1.165, 1.54) is 0 Å². The Hall–Kier alpha value is -1.75. The lowest BCUT2D eigenvalue weighted by molar-refractivity contribution is 0.308. The van der Waals surface area contributed by atoms with Crippen LogP contribution in [0.4, 0.5) is 0 Å². The summed E-state index contributed by atoms with van der Waals surface area (Å²) in [5.74, 6) is 2.60. The Bertz CT molecular complexity index is 626. The summed E-state index contributed by atoms with van der Waals surface area (Å²) in [5, 5.41) is 0. The highest BCUT2D eigenvalue weighted by Gasteiger charge is 2.27. The molecule has 3 heterocycles. The fourth-order valence-electron chi connectivity index (χ4n) is 3.26. The lowest BCUT2D eigenvalue weighted by Gasteiger charge is -2.18. The summed E-state index contributed by atoms with van der Waals surface area (Å²) in [5.41, 5.74) is 2.13. The summed E-state index contributed by atoms with van der Waals surface area (Å²) in [6.45, 7) is 11.5. The van der Waals surface area contributed by atoms with Gasteiger partial charge < -0.3 is 4.57 Å². The molecular weight excluding hydrogens is 274 g/mol. The molecule has 0 amide bonds. The summed E-state index contributed by atoms with van der Waals surface area (Å²) in [7, 11) is 0. The van der Waals surface area contributed by atoms with E-state index in [1.807, 2.05) is 26.1 Å². The second kappa shape index (κ2) is 6.16. The first-order valence-electron chi connectivity index (χ1n) is 8.09. The molecule has 0 bridgehead atoms. The zero-order valence-electron chi connectivity index (χ0n) is 14.0. The minimum Gasteiger partial charge on any atom is -0.331 e. The van der Waals surface area contributed by atoms with Crippen LogP contribution in [0.25, 0.3) is 0 Å². The van der Waals surface area contributed by atoms with E-state index in [-0.39, 0.29) is 0 Å². The molecule has 0 unspecified atom stereocenters. The van der Waals surface area contributed by atoms with Gasteiger partial charge in [-0.05, 0) is 46.7 Å². The van der Waals surface area contributed by atoms with Gasteiger partial charge in [-0.15, -0.1) is 0 Å². The van der Waals surface area contributed by atoms with Crippen LogP contribution < -0.4 is 0 Å². The van der Waals surface area contributed by atoms with Crippen molar-refractivity contribution < 1.29 is 0 Å². The average molecular weight is 299 g/mol. The van der Waals surface area contributed by atoms with Crippen molar-refractivity contribution >= 4 is 0 Å². The van der Waals surface area contributed by atoms with Gasteiger partial charge in [-0.1, -0.05) is 0 Å². The van der Waals surface area contributed by atoms with Crippen LogP contribution in [0.1, 0.15) is 55.3 Å². The van der Waals surface area contributed by atoms with Gasteiger partial charge in [0.2, 0.25) is 0 Å². The molecule has 5 heteroatoms. The topological polar surface area (TPSA) is 46.8 Å². The third kappa shape index (κ3) is 3.19. The maximum absolute atomic E-state index is 4.63. The lowest BCUT2D eigenvalue weighted by Crippen LogP contribution is -2.23. The van der Waals surface area contributed by atoms with E-state index in [0.717, 1.165) is 49.1 Å². The summed E-state index contributed by atoms with van der Waals surface area (Å²) in [6.07, 6.45) is 5.10.